The molecule has 1 atom stereocenters. The van der Waals surface area contributed by atoms with E-state index < -0.39 is 6.10 Å². The Hall–Kier alpha value is -1.16. The number of rotatable bonds is 1. The molecule has 0 aliphatic heterocycles. The summed E-state index contributed by atoms with van der Waals surface area (Å²) in [5.74, 6) is 0. The molecule has 1 rings (SSSR count). The van der Waals surface area contributed by atoms with Crippen molar-refractivity contribution in [3.05, 3.63) is 28.2 Å². The van der Waals surface area contributed by atoms with Crippen molar-refractivity contribution in [1.29, 1.82) is 0 Å². The van der Waals surface area contributed by atoms with Gasteiger partial charge in [-0.25, -0.2) is 4.68 Å². The highest BCUT2D eigenvalue weighted by molar-refractivity contribution is 5.08. The standard InChI is InChI=1S/C7H10N2O2/c1-5(10)6-3-7(11)9(2)8-4-6/h3-5,10H,1-2H3. The van der Waals surface area contributed by atoms with Crippen LogP contribution in [-0.4, -0.2) is 14.9 Å². The van der Waals surface area contributed by atoms with Crippen LogP contribution in [-0.2, 0) is 7.05 Å². The molecule has 11 heavy (non-hydrogen) atoms. The lowest BCUT2D eigenvalue weighted by Gasteiger charge is -2.02. The summed E-state index contributed by atoms with van der Waals surface area (Å²) in [5, 5.41) is 12.8. The number of aliphatic hydroxyl groups excluding tert-OH is 1. The van der Waals surface area contributed by atoms with Gasteiger partial charge in [0.25, 0.3) is 5.56 Å². The molecular formula is C7H10N2O2. The Kier molecular flexibility index (Phi) is 2.05. The maximum atomic E-state index is 10.9. The molecule has 0 amide bonds. The Morgan fingerprint density at radius 2 is 2.36 bits per heavy atom. The summed E-state index contributed by atoms with van der Waals surface area (Å²) >= 11 is 0. The van der Waals surface area contributed by atoms with Crippen molar-refractivity contribution in [3.8, 4) is 0 Å². The number of aromatic nitrogens is 2. The van der Waals surface area contributed by atoms with Crippen LogP contribution in [0.15, 0.2) is 17.1 Å². The van der Waals surface area contributed by atoms with Gasteiger partial charge in [-0.1, -0.05) is 0 Å². The molecule has 1 unspecified atom stereocenters. The van der Waals surface area contributed by atoms with E-state index in [9.17, 15) is 4.79 Å². The fourth-order valence-electron chi connectivity index (χ4n) is 0.712. The summed E-state index contributed by atoms with van der Waals surface area (Å²) in [6, 6.07) is 1.37. The summed E-state index contributed by atoms with van der Waals surface area (Å²) in [6.07, 6.45) is 0.850. The van der Waals surface area contributed by atoms with Crippen LogP contribution < -0.4 is 5.56 Å². The minimum Gasteiger partial charge on any atom is -0.389 e. The molecule has 1 aromatic rings. The van der Waals surface area contributed by atoms with Crippen LogP contribution >= 0.6 is 0 Å². The van der Waals surface area contributed by atoms with Gasteiger partial charge in [0.05, 0.1) is 12.3 Å². The number of nitrogens with zero attached hydrogens (tertiary/aromatic N) is 2. The summed E-state index contributed by atoms with van der Waals surface area (Å²) in [6.45, 7) is 1.59. The molecule has 0 aliphatic rings. The van der Waals surface area contributed by atoms with E-state index in [0.717, 1.165) is 0 Å². The highest BCUT2D eigenvalue weighted by Gasteiger charge is 2.01. The number of hydrogen-bond acceptors (Lipinski definition) is 3. The molecule has 1 aromatic heterocycles. The van der Waals surface area contributed by atoms with Crippen molar-refractivity contribution in [1.82, 2.24) is 9.78 Å². The van der Waals surface area contributed by atoms with Crippen molar-refractivity contribution in [2.24, 2.45) is 7.05 Å². The normalized spacial score (nSPS) is 13.0. The average molecular weight is 154 g/mol. The van der Waals surface area contributed by atoms with Crippen LogP contribution in [0.5, 0.6) is 0 Å². The van der Waals surface area contributed by atoms with Crippen LogP contribution in [0, 0.1) is 0 Å². The minimum atomic E-state index is -0.628. The van der Waals surface area contributed by atoms with E-state index in [-0.39, 0.29) is 5.56 Å². The van der Waals surface area contributed by atoms with Gasteiger partial charge in [0.1, 0.15) is 0 Å². The molecule has 0 saturated carbocycles. The summed E-state index contributed by atoms with van der Waals surface area (Å²) < 4.78 is 1.21. The second-order valence-electron chi connectivity index (χ2n) is 2.43. The summed E-state index contributed by atoms with van der Waals surface area (Å²) in [4.78, 5) is 10.9. The Morgan fingerprint density at radius 1 is 1.73 bits per heavy atom. The van der Waals surface area contributed by atoms with Crippen molar-refractivity contribution in [2.45, 2.75) is 13.0 Å². The lowest BCUT2D eigenvalue weighted by atomic mass is 10.2. The van der Waals surface area contributed by atoms with Gasteiger partial charge in [-0.2, -0.15) is 5.10 Å². The van der Waals surface area contributed by atoms with Gasteiger partial charge >= 0.3 is 0 Å². The van der Waals surface area contributed by atoms with E-state index in [1.54, 1.807) is 14.0 Å². The lowest BCUT2D eigenvalue weighted by molar-refractivity contribution is 0.198. The Labute approximate surface area is 64.1 Å². The van der Waals surface area contributed by atoms with Crippen LogP contribution in [0.4, 0.5) is 0 Å². The predicted molar refractivity (Wildman–Crippen MR) is 40.1 cm³/mol. The van der Waals surface area contributed by atoms with Gasteiger partial charge in [0.15, 0.2) is 0 Å². The molecule has 1 heterocycles. The van der Waals surface area contributed by atoms with E-state index >= 15 is 0 Å². The van der Waals surface area contributed by atoms with Gasteiger partial charge in [0, 0.05) is 18.7 Å². The van der Waals surface area contributed by atoms with Crippen LogP contribution in [0.2, 0.25) is 0 Å². The van der Waals surface area contributed by atoms with Gasteiger partial charge in [-0.05, 0) is 6.92 Å². The third-order valence-electron chi connectivity index (χ3n) is 1.47. The molecular weight excluding hydrogens is 144 g/mol. The summed E-state index contributed by atoms with van der Waals surface area (Å²) in [5.41, 5.74) is 0.344. The van der Waals surface area contributed by atoms with E-state index in [4.69, 9.17) is 5.11 Å². The Balaban J connectivity index is 3.16. The maximum absolute atomic E-state index is 10.9. The number of aliphatic hydroxyl groups is 1. The predicted octanol–water partition coefficient (Wildman–Crippen LogP) is -0.166. The van der Waals surface area contributed by atoms with Crippen LogP contribution in [0.25, 0.3) is 0 Å². The van der Waals surface area contributed by atoms with Gasteiger partial charge in [-0.15, -0.1) is 0 Å². The first kappa shape index (κ1) is 7.94. The first-order valence-electron chi connectivity index (χ1n) is 3.32. The minimum absolute atomic E-state index is 0.205. The molecule has 0 aromatic carbocycles. The summed E-state index contributed by atoms with van der Waals surface area (Å²) in [7, 11) is 1.56. The topological polar surface area (TPSA) is 55.1 Å². The molecule has 0 radical (unpaired) electrons. The zero-order valence-corrected chi connectivity index (χ0v) is 6.48. The van der Waals surface area contributed by atoms with E-state index in [1.165, 1.54) is 16.9 Å². The third-order valence-corrected chi connectivity index (χ3v) is 1.47. The fourth-order valence-corrected chi connectivity index (χ4v) is 0.712. The average Bonchev–Trinajstić information content (AvgIpc) is 1.94. The zero-order chi connectivity index (χ0) is 8.43. The fraction of sp³-hybridized carbons (Fsp3) is 0.429. The second kappa shape index (κ2) is 2.84. The van der Waals surface area contributed by atoms with Crippen LogP contribution in [0.1, 0.15) is 18.6 Å². The van der Waals surface area contributed by atoms with Crippen molar-refractivity contribution in [2.75, 3.05) is 0 Å². The zero-order valence-electron chi connectivity index (χ0n) is 6.48. The van der Waals surface area contributed by atoms with Crippen molar-refractivity contribution < 1.29 is 5.11 Å². The number of hydrogen-bond donors (Lipinski definition) is 1. The quantitative estimate of drug-likeness (QED) is 0.611. The monoisotopic (exact) mass is 154 g/mol. The molecule has 0 bridgehead atoms. The van der Waals surface area contributed by atoms with E-state index in [0.29, 0.717) is 5.56 Å². The lowest BCUT2D eigenvalue weighted by Crippen LogP contribution is -2.19. The Morgan fingerprint density at radius 3 is 2.82 bits per heavy atom. The van der Waals surface area contributed by atoms with Crippen molar-refractivity contribution in [3.63, 3.8) is 0 Å². The molecule has 0 saturated heterocycles. The van der Waals surface area contributed by atoms with Gasteiger partial charge in [0.2, 0.25) is 0 Å². The van der Waals surface area contributed by atoms with E-state index in [2.05, 4.69) is 5.10 Å². The first-order valence-corrected chi connectivity index (χ1v) is 3.32. The smallest absolute Gasteiger partial charge is 0.266 e. The van der Waals surface area contributed by atoms with Crippen LogP contribution in [0.3, 0.4) is 0 Å². The maximum Gasteiger partial charge on any atom is 0.266 e. The molecule has 0 fully saturated rings. The molecule has 0 spiro atoms. The number of aryl methyl sites for hydroxylation is 1. The molecule has 0 aliphatic carbocycles. The van der Waals surface area contributed by atoms with E-state index in [1.807, 2.05) is 0 Å². The highest BCUT2D eigenvalue weighted by Crippen LogP contribution is 2.05. The van der Waals surface area contributed by atoms with Gasteiger partial charge in [-0.3, -0.25) is 4.79 Å². The second-order valence-corrected chi connectivity index (χ2v) is 2.43. The third kappa shape index (κ3) is 1.65. The molecule has 4 heteroatoms. The Bertz CT molecular complexity index is 304. The largest absolute Gasteiger partial charge is 0.389 e. The molecule has 60 valence electrons. The first-order chi connectivity index (χ1) is 5.11. The SMILES string of the molecule is CC(O)c1cnn(C)c(=O)c1. The van der Waals surface area contributed by atoms with Crippen molar-refractivity contribution >= 4 is 0 Å². The highest BCUT2D eigenvalue weighted by atomic mass is 16.3. The molecule has 1 N–H and O–H groups in total. The molecule has 4 nitrogen and oxygen atoms in total. The van der Waals surface area contributed by atoms with Gasteiger partial charge < -0.3 is 5.11 Å².